The monoisotopic (exact) mass is 274 g/mol. The normalized spacial score (nSPS) is 26.6. The molecule has 3 atom stereocenters. The molecule has 3 nitrogen and oxygen atoms in total. The van der Waals surface area contributed by atoms with E-state index in [1.807, 2.05) is 6.20 Å². The smallest absolute Gasteiger partial charge is 0.0591 e. The fourth-order valence-corrected chi connectivity index (χ4v) is 3.67. The van der Waals surface area contributed by atoms with E-state index in [1.165, 1.54) is 43.4 Å². The second kappa shape index (κ2) is 6.68. The van der Waals surface area contributed by atoms with Crippen LogP contribution in [0.25, 0.3) is 0 Å². The van der Waals surface area contributed by atoms with Crippen LogP contribution in [0.1, 0.15) is 56.2 Å². The zero-order valence-corrected chi connectivity index (χ0v) is 12.5. The Balaban J connectivity index is 1.71. The van der Waals surface area contributed by atoms with E-state index < -0.39 is 0 Å². The Hall–Kier alpha value is -0.930. The van der Waals surface area contributed by atoms with Crippen molar-refractivity contribution >= 4 is 0 Å². The molecule has 0 aromatic carbocycles. The van der Waals surface area contributed by atoms with Crippen LogP contribution >= 0.6 is 0 Å². The number of ether oxygens (including phenoxy) is 1. The van der Waals surface area contributed by atoms with Gasteiger partial charge in [-0.3, -0.25) is 4.98 Å². The lowest BCUT2D eigenvalue weighted by atomic mass is 9.91. The summed E-state index contributed by atoms with van der Waals surface area (Å²) >= 11 is 0. The first-order valence-electron chi connectivity index (χ1n) is 8.17. The summed E-state index contributed by atoms with van der Waals surface area (Å²) in [6.07, 6.45) is 9.60. The minimum Gasteiger partial charge on any atom is -0.378 e. The Labute approximate surface area is 122 Å². The standard InChI is InChI=1S/C17H26N2O/c1-2-9-18-16(12-14-6-4-11-20-14)15-8-7-13-5-3-10-19-17(13)15/h3,5,10,14-16,18H,2,4,6-9,11-12H2,1H3. The van der Waals surface area contributed by atoms with Crippen LogP contribution in [0.5, 0.6) is 0 Å². The van der Waals surface area contributed by atoms with Crippen LogP contribution in [0.3, 0.4) is 0 Å². The largest absolute Gasteiger partial charge is 0.378 e. The maximum atomic E-state index is 5.85. The average molecular weight is 274 g/mol. The van der Waals surface area contributed by atoms with Crippen LogP contribution in [0.15, 0.2) is 18.3 Å². The topological polar surface area (TPSA) is 34.1 Å². The molecule has 1 aliphatic heterocycles. The van der Waals surface area contributed by atoms with Crippen LogP contribution in [0.2, 0.25) is 0 Å². The molecule has 0 saturated carbocycles. The van der Waals surface area contributed by atoms with Crippen LogP contribution in [0.4, 0.5) is 0 Å². The third kappa shape index (κ3) is 3.04. The number of hydrogen-bond donors (Lipinski definition) is 1. The molecule has 0 amide bonds. The zero-order valence-electron chi connectivity index (χ0n) is 12.5. The lowest BCUT2D eigenvalue weighted by Gasteiger charge is -2.27. The predicted octanol–water partition coefficient (Wildman–Crippen LogP) is 3.05. The van der Waals surface area contributed by atoms with E-state index in [2.05, 4.69) is 29.4 Å². The number of aromatic nitrogens is 1. The van der Waals surface area contributed by atoms with Crippen molar-refractivity contribution in [1.29, 1.82) is 0 Å². The molecule has 110 valence electrons. The van der Waals surface area contributed by atoms with Gasteiger partial charge in [0.15, 0.2) is 0 Å². The number of nitrogens with one attached hydrogen (secondary N) is 1. The van der Waals surface area contributed by atoms with E-state index in [0.29, 0.717) is 18.1 Å². The third-order valence-electron chi connectivity index (χ3n) is 4.69. The first-order valence-corrected chi connectivity index (χ1v) is 8.17. The van der Waals surface area contributed by atoms with Crippen LogP contribution in [-0.2, 0) is 11.2 Å². The number of hydrogen-bond acceptors (Lipinski definition) is 3. The number of pyridine rings is 1. The highest BCUT2D eigenvalue weighted by atomic mass is 16.5. The van der Waals surface area contributed by atoms with Crippen molar-refractivity contribution in [3.05, 3.63) is 29.6 Å². The molecule has 1 saturated heterocycles. The zero-order chi connectivity index (χ0) is 13.8. The van der Waals surface area contributed by atoms with Crippen molar-refractivity contribution in [2.75, 3.05) is 13.2 Å². The molecular formula is C17H26N2O. The summed E-state index contributed by atoms with van der Waals surface area (Å²) < 4.78 is 5.85. The molecular weight excluding hydrogens is 248 g/mol. The van der Waals surface area contributed by atoms with Gasteiger partial charge in [0.05, 0.1) is 6.10 Å². The fraction of sp³-hybridized carbons (Fsp3) is 0.706. The predicted molar refractivity (Wildman–Crippen MR) is 81.0 cm³/mol. The summed E-state index contributed by atoms with van der Waals surface area (Å²) in [6, 6.07) is 4.83. The van der Waals surface area contributed by atoms with E-state index in [1.54, 1.807) is 0 Å². The fourth-order valence-electron chi connectivity index (χ4n) is 3.67. The second-order valence-electron chi connectivity index (χ2n) is 6.12. The molecule has 1 aromatic heterocycles. The molecule has 1 N–H and O–H groups in total. The highest BCUT2D eigenvalue weighted by Gasteiger charge is 2.32. The van der Waals surface area contributed by atoms with Crippen molar-refractivity contribution in [3.63, 3.8) is 0 Å². The van der Waals surface area contributed by atoms with Gasteiger partial charge in [0.1, 0.15) is 0 Å². The second-order valence-corrected chi connectivity index (χ2v) is 6.12. The lowest BCUT2D eigenvalue weighted by molar-refractivity contribution is 0.0911. The molecule has 3 rings (SSSR count). The maximum Gasteiger partial charge on any atom is 0.0591 e. The van der Waals surface area contributed by atoms with Gasteiger partial charge in [0.2, 0.25) is 0 Å². The van der Waals surface area contributed by atoms with Gasteiger partial charge in [-0.2, -0.15) is 0 Å². The number of rotatable bonds is 6. The quantitative estimate of drug-likeness (QED) is 0.865. The van der Waals surface area contributed by atoms with Gasteiger partial charge in [0.25, 0.3) is 0 Å². The van der Waals surface area contributed by atoms with Crippen LogP contribution in [0, 0.1) is 0 Å². The van der Waals surface area contributed by atoms with Crippen molar-refractivity contribution < 1.29 is 4.74 Å². The van der Waals surface area contributed by atoms with E-state index in [0.717, 1.165) is 19.6 Å². The molecule has 1 aromatic rings. The summed E-state index contributed by atoms with van der Waals surface area (Å²) in [5, 5.41) is 3.76. The van der Waals surface area contributed by atoms with Crippen LogP contribution < -0.4 is 5.32 Å². The summed E-state index contributed by atoms with van der Waals surface area (Å²) in [6.45, 7) is 4.28. The van der Waals surface area contributed by atoms with E-state index in [9.17, 15) is 0 Å². The summed E-state index contributed by atoms with van der Waals surface area (Å²) in [5.74, 6) is 0.571. The minimum absolute atomic E-state index is 0.456. The number of nitrogens with zero attached hydrogens (tertiary/aromatic N) is 1. The van der Waals surface area contributed by atoms with Gasteiger partial charge in [-0.25, -0.2) is 0 Å². The first kappa shape index (κ1) is 14.0. The van der Waals surface area contributed by atoms with Gasteiger partial charge >= 0.3 is 0 Å². The Morgan fingerprint density at radius 2 is 2.40 bits per heavy atom. The van der Waals surface area contributed by atoms with E-state index in [4.69, 9.17) is 4.74 Å². The summed E-state index contributed by atoms with van der Waals surface area (Å²) in [4.78, 5) is 4.66. The van der Waals surface area contributed by atoms with Crippen molar-refractivity contribution in [2.24, 2.45) is 0 Å². The third-order valence-corrected chi connectivity index (χ3v) is 4.69. The number of fused-ring (bicyclic) bond motifs is 1. The number of aryl methyl sites for hydroxylation is 1. The SMILES string of the molecule is CCCNC(CC1CCCO1)C1CCc2cccnc21. The maximum absolute atomic E-state index is 5.85. The molecule has 0 radical (unpaired) electrons. The molecule has 0 bridgehead atoms. The lowest BCUT2D eigenvalue weighted by Crippen LogP contribution is -2.38. The van der Waals surface area contributed by atoms with E-state index in [-0.39, 0.29) is 0 Å². The highest BCUT2D eigenvalue weighted by Crippen LogP contribution is 2.36. The molecule has 1 fully saturated rings. The van der Waals surface area contributed by atoms with Gasteiger partial charge < -0.3 is 10.1 Å². The summed E-state index contributed by atoms with van der Waals surface area (Å²) in [7, 11) is 0. The van der Waals surface area contributed by atoms with Gasteiger partial charge in [-0.15, -0.1) is 0 Å². The van der Waals surface area contributed by atoms with Crippen LogP contribution in [-0.4, -0.2) is 30.3 Å². The highest BCUT2D eigenvalue weighted by molar-refractivity contribution is 5.30. The Bertz CT molecular complexity index is 429. The first-order chi connectivity index (χ1) is 9.88. The van der Waals surface area contributed by atoms with Gasteiger partial charge in [0, 0.05) is 30.5 Å². The average Bonchev–Trinajstić information content (AvgIpc) is 3.12. The molecule has 2 aliphatic rings. The van der Waals surface area contributed by atoms with Gasteiger partial charge in [-0.1, -0.05) is 13.0 Å². The molecule has 20 heavy (non-hydrogen) atoms. The summed E-state index contributed by atoms with van der Waals surface area (Å²) in [5.41, 5.74) is 2.78. The Morgan fingerprint density at radius 3 is 3.20 bits per heavy atom. The molecule has 1 aliphatic carbocycles. The molecule has 3 unspecified atom stereocenters. The molecule has 0 spiro atoms. The minimum atomic E-state index is 0.456. The molecule has 3 heteroatoms. The van der Waals surface area contributed by atoms with Crippen molar-refractivity contribution in [2.45, 2.75) is 63.5 Å². The van der Waals surface area contributed by atoms with Gasteiger partial charge in [-0.05, 0) is 56.7 Å². The Morgan fingerprint density at radius 1 is 1.45 bits per heavy atom. The van der Waals surface area contributed by atoms with Crippen molar-refractivity contribution in [3.8, 4) is 0 Å². The Kier molecular flexibility index (Phi) is 4.69. The van der Waals surface area contributed by atoms with E-state index >= 15 is 0 Å². The van der Waals surface area contributed by atoms with Crippen molar-refractivity contribution in [1.82, 2.24) is 10.3 Å². The molecule has 2 heterocycles.